The summed E-state index contributed by atoms with van der Waals surface area (Å²) in [5, 5.41) is 14.0. The van der Waals surface area contributed by atoms with Crippen molar-refractivity contribution in [2.75, 3.05) is 6.61 Å². The Morgan fingerprint density at radius 3 is 2.16 bits per heavy atom. The van der Waals surface area contributed by atoms with E-state index < -0.39 is 0 Å². The van der Waals surface area contributed by atoms with E-state index in [1.54, 1.807) is 12.1 Å². The molecule has 2 aromatic rings. The third-order valence-corrected chi connectivity index (χ3v) is 3.68. The second-order valence-electron chi connectivity index (χ2n) is 4.23. The molecule has 0 fully saturated rings. The standard InChI is InChI=1S/C15H15Cl2NO/c16-13-7-4-8-14(17)12(13)9-18-15(10-19)11-5-2-1-3-6-11/h1-8,15,18-19H,9-10H2/t15-/m0/s1. The maximum Gasteiger partial charge on any atom is 0.0626 e. The van der Waals surface area contributed by atoms with Crippen LogP contribution in [0.1, 0.15) is 17.2 Å². The molecular weight excluding hydrogens is 281 g/mol. The van der Waals surface area contributed by atoms with Gasteiger partial charge in [-0.25, -0.2) is 0 Å². The third-order valence-electron chi connectivity index (χ3n) is 2.97. The van der Waals surface area contributed by atoms with Gasteiger partial charge in [-0.1, -0.05) is 59.6 Å². The van der Waals surface area contributed by atoms with Crippen molar-refractivity contribution in [3.63, 3.8) is 0 Å². The van der Waals surface area contributed by atoms with Crippen LogP contribution in [-0.4, -0.2) is 11.7 Å². The van der Waals surface area contributed by atoms with Crippen LogP contribution in [0.3, 0.4) is 0 Å². The van der Waals surface area contributed by atoms with Gasteiger partial charge in [0.25, 0.3) is 0 Å². The van der Waals surface area contributed by atoms with E-state index >= 15 is 0 Å². The zero-order chi connectivity index (χ0) is 13.7. The molecule has 0 aliphatic rings. The number of rotatable bonds is 5. The highest BCUT2D eigenvalue weighted by molar-refractivity contribution is 6.35. The highest BCUT2D eigenvalue weighted by Gasteiger charge is 2.11. The maximum absolute atomic E-state index is 9.47. The summed E-state index contributed by atoms with van der Waals surface area (Å²) in [6, 6.07) is 15.1. The summed E-state index contributed by atoms with van der Waals surface area (Å²) in [5.41, 5.74) is 1.88. The van der Waals surface area contributed by atoms with Gasteiger partial charge in [-0.2, -0.15) is 0 Å². The highest BCUT2D eigenvalue weighted by atomic mass is 35.5. The smallest absolute Gasteiger partial charge is 0.0626 e. The summed E-state index contributed by atoms with van der Waals surface area (Å²) in [6.07, 6.45) is 0. The molecule has 2 nitrogen and oxygen atoms in total. The molecule has 0 saturated heterocycles. The van der Waals surface area contributed by atoms with E-state index in [0.717, 1.165) is 11.1 Å². The highest BCUT2D eigenvalue weighted by Crippen LogP contribution is 2.25. The van der Waals surface area contributed by atoms with Crippen LogP contribution in [0.4, 0.5) is 0 Å². The Balaban J connectivity index is 2.09. The Kier molecular flexibility index (Phi) is 5.23. The van der Waals surface area contributed by atoms with Gasteiger partial charge in [0.2, 0.25) is 0 Å². The lowest BCUT2D eigenvalue weighted by atomic mass is 10.1. The van der Waals surface area contributed by atoms with Crippen molar-refractivity contribution in [1.82, 2.24) is 5.32 Å². The minimum absolute atomic E-state index is 0.0199. The van der Waals surface area contributed by atoms with Crippen molar-refractivity contribution >= 4 is 23.2 Å². The fourth-order valence-electron chi connectivity index (χ4n) is 1.90. The van der Waals surface area contributed by atoms with Crippen LogP contribution >= 0.6 is 23.2 Å². The van der Waals surface area contributed by atoms with E-state index in [4.69, 9.17) is 23.2 Å². The number of nitrogens with one attached hydrogen (secondary N) is 1. The molecule has 2 aromatic carbocycles. The number of aliphatic hydroxyl groups is 1. The molecule has 0 heterocycles. The predicted molar refractivity (Wildman–Crippen MR) is 79.6 cm³/mol. The number of aliphatic hydroxyl groups excluding tert-OH is 1. The molecule has 1 atom stereocenters. The summed E-state index contributed by atoms with van der Waals surface area (Å²) in [6.45, 7) is 0.532. The first kappa shape index (κ1) is 14.4. The van der Waals surface area contributed by atoms with Crippen molar-refractivity contribution in [3.8, 4) is 0 Å². The Labute approximate surface area is 123 Å². The van der Waals surface area contributed by atoms with Gasteiger partial charge >= 0.3 is 0 Å². The van der Waals surface area contributed by atoms with Crippen molar-refractivity contribution in [2.45, 2.75) is 12.6 Å². The average molecular weight is 296 g/mol. The lowest BCUT2D eigenvalue weighted by molar-refractivity contribution is 0.243. The molecule has 100 valence electrons. The summed E-state index contributed by atoms with van der Waals surface area (Å²) < 4.78 is 0. The molecule has 0 unspecified atom stereocenters. The van der Waals surface area contributed by atoms with Gasteiger partial charge in [0, 0.05) is 22.2 Å². The predicted octanol–water partition coefficient (Wildman–Crippen LogP) is 3.82. The largest absolute Gasteiger partial charge is 0.394 e. The van der Waals surface area contributed by atoms with Gasteiger partial charge in [0.1, 0.15) is 0 Å². The van der Waals surface area contributed by atoms with Gasteiger partial charge in [-0.05, 0) is 17.7 Å². The summed E-state index contributed by atoms with van der Waals surface area (Å²) >= 11 is 12.2. The van der Waals surface area contributed by atoms with Crippen LogP contribution in [0.2, 0.25) is 10.0 Å². The van der Waals surface area contributed by atoms with Crippen molar-refractivity contribution < 1.29 is 5.11 Å². The summed E-state index contributed by atoms with van der Waals surface area (Å²) in [7, 11) is 0. The lowest BCUT2D eigenvalue weighted by Crippen LogP contribution is -2.24. The minimum Gasteiger partial charge on any atom is -0.394 e. The van der Waals surface area contributed by atoms with Crippen LogP contribution < -0.4 is 5.32 Å². The van der Waals surface area contributed by atoms with Crippen molar-refractivity contribution in [1.29, 1.82) is 0 Å². The van der Waals surface area contributed by atoms with Gasteiger partial charge in [0.05, 0.1) is 12.6 Å². The van der Waals surface area contributed by atoms with Crippen molar-refractivity contribution in [2.24, 2.45) is 0 Å². The van der Waals surface area contributed by atoms with Crippen LogP contribution in [0.15, 0.2) is 48.5 Å². The van der Waals surface area contributed by atoms with E-state index in [1.165, 1.54) is 0 Å². The molecule has 2 rings (SSSR count). The molecule has 19 heavy (non-hydrogen) atoms. The summed E-state index contributed by atoms with van der Waals surface area (Å²) in [4.78, 5) is 0. The zero-order valence-corrected chi connectivity index (χ0v) is 11.8. The number of halogens is 2. The molecule has 4 heteroatoms. The maximum atomic E-state index is 9.47. The van der Waals surface area contributed by atoms with Crippen LogP contribution in [0.25, 0.3) is 0 Å². The molecule has 0 radical (unpaired) electrons. The molecule has 0 bridgehead atoms. The van der Waals surface area contributed by atoms with E-state index in [-0.39, 0.29) is 12.6 Å². The van der Waals surface area contributed by atoms with Crippen LogP contribution in [0, 0.1) is 0 Å². The molecule has 2 N–H and O–H groups in total. The van der Waals surface area contributed by atoms with E-state index in [9.17, 15) is 5.11 Å². The Morgan fingerprint density at radius 2 is 1.58 bits per heavy atom. The molecule has 0 spiro atoms. The fraction of sp³-hybridized carbons (Fsp3) is 0.200. The first-order chi connectivity index (χ1) is 9.22. The second kappa shape index (κ2) is 6.92. The summed E-state index contributed by atoms with van der Waals surface area (Å²) in [5.74, 6) is 0. The SMILES string of the molecule is OC[C@H](NCc1c(Cl)cccc1Cl)c1ccccc1. The average Bonchev–Trinajstić information content (AvgIpc) is 2.43. The van der Waals surface area contributed by atoms with E-state index in [1.807, 2.05) is 36.4 Å². The number of hydrogen-bond acceptors (Lipinski definition) is 2. The van der Waals surface area contributed by atoms with E-state index in [2.05, 4.69) is 5.32 Å². The lowest BCUT2D eigenvalue weighted by Gasteiger charge is -2.17. The minimum atomic E-state index is -0.131. The topological polar surface area (TPSA) is 32.3 Å². The monoisotopic (exact) mass is 295 g/mol. The van der Waals surface area contributed by atoms with Gasteiger partial charge in [0.15, 0.2) is 0 Å². The van der Waals surface area contributed by atoms with Gasteiger partial charge in [-0.15, -0.1) is 0 Å². The Morgan fingerprint density at radius 1 is 0.947 bits per heavy atom. The molecular formula is C15H15Cl2NO. The molecule has 0 aromatic heterocycles. The normalized spacial score (nSPS) is 12.4. The molecule has 0 saturated carbocycles. The number of benzene rings is 2. The van der Waals surface area contributed by atoms with Crippen LogP contribution in [0.5, 0.6) is 0 Å². The Bertz CT molecular complexity index is 511. The van der Waals surface area contributed by atoms with E-state index in [0.29, 0.717) is 16.6 Å². The number of hydrogen-bond donors (Lipinski definition) is 2. The fourth-order valence-corrected chi connectivity index (χ4v) is 2.43. The first-order valence-electron chi connectivity index (χ1n) is 6.04. The van der Waals surface area contributed by atoms with Gasteiger partial charge in [-0.3, -0.25) is 0 Å². The second-order valence-corrected chi connectivity index (χ2v) is 5.04. The molecule has 0 aliphatic carbocycles. The Hall–Kier alpha value is -1.06. The quantitative estimate of drug-likeness (QED) is 0.879. The molecule has 0 aliphatic heterocycles. The third kappa shape index (κ3) is 3.71. The molecule has 0 amide bonds. The first-order valence-corrected chi connectivity index (χ1v) is 6.80. The van der Waals surface area contributed by atoms with Gasteiger partial charge < -0.3 is 10.4 Å². The zero-order valence-electron chi connectivity index (χ0n) is 10.3. The van der Waals surface area contributed by atoms with Crippen LogP contribution in [-0.2, 0) is 6.54 Å². The van der Waals surface area contributed by atoms with Crippen molar-refractivity contribution in [3.05, 3.63) is 69.7 Å².